The number of rotatable bonds is 5. The summed E-state index contributed by atoms with van der Waals surface area (Å²) in [5, 5.41) is 0. The molecule has 0 bridgehead atoms. The molecule has 26 heavy (non-hydrogen) atoms. The monoisotopic (exact) mass is 375 g/mol. The van der Waals surface area contributed by atoms with Gasteiger partial charge in [0, 0.05) is 13.1 Å². The Morgan fingerprint density at radius 2 is 2.12 bits per heavy atom. The summed E-state index contributed by atoms with van der Waals surface area (Å²) in [6.07, 6.45) is 2.49. The molecule has 3 heterocycles. The molecule has 2 fully saturated rings. The van der Waals surface area contributed by atoms with Crippen molar-refractivity contribution in [3.8, 4) is 0 Å². The lowest BCUT2D eigenvalue weighted by molar-refractivity contribution is 0.0732. The third kappa shape index (κ3) is 3.29. The average molecular weight is 375 g/mol. The second-order valence-electron chi connectivity index (χ2n) is 6.49. The zero-order chi connectivity index (χ0) is 18.1. The molecular formula is C18H18FN3O3S. The van der Waals surface area contributed by atoms with Crippen molar-refractivity contribution in [2.24, 2.45) is 0 Å². The number of nitrogens with zero attached hydrogens (tertiary/aromatic N) is 3. The van der Waals surface area contributed by atoms with E-state index in [2.05, 4.69) is 4.98 Å². The molecule has 8 heteroatoms. The van der Waals surface area contributed by atoms with Crippen LogP contribution in [-0.4, -0.2) is 58.6 Å². The Morgan fingerprint density at radius 3 is 2.85 bits per heavy atom. The van der Waals surface area contributed by atoms with Crippen molar-refractivity contribution >= 4 is 23.3 Å². The molecule has 0 spiro atoms. The first kappa shape index (κ1) is 17.0. The number of likely N-dealkylation sites (tertiary alicyclic amines) is 1. The number of thiazole rings is 1. The molecule has 0 radical (unpaired) electrons. The van der Waals surface area contributed by atoms with Gasteiger partial charge in [0.05, 0.1) is 24.3 Å². The summed E-state index contributed by atoms with van der Waals surface area (Å²) in [6.45, 7) is 1.45. The van der Waals surface area contributed by atoms with Gasteiger partial charge in [0.2, 0.25) is 0 Å². The van der Waals surface area contributed by atoms with Crippen LogP contribution in [0.15, 0.2) is 36.0 Å². The van der Waals surface area contributed by atoms with Gasteiger partial charge in [-0.3, -0.25) is 14.7 Å². The maximum absolute atomic E-state index is 13.0. The molecule has 1 aromatic carbocycles. The predicted molar refractivity (Wildman–Crippen MR) is 93.5 cm³/mol. The van der Waals surface area contributed by atoms with E-state index in [9.17, 15) is 14.0 Å². The molecule has 2 aliphatic heterocycles. The molecule has 2 aromatic rings. The fourth-order valence-corrected chi connectivity index (χ4v) is 4.10. The number of benzene rings is 1. The summed E-state index contributed by atoms with van der Waals surface area (Å²) in [7, 11) is 0. The molecule has 0 unspecified atom stereocenters. The van der Waals surface area contributed by atoms with Crippen molar-refractivity contribution in [1.29, 1.82) is 0 Å². The number of hydrogen-bond donors (Lipinski definition) is 0. The number of amides is 2. The predicted octanol–water partition coefficient (Wildman–Crippen LogP) is 2.56. The zero-order valence-corrected chi connectivity index (χ0v) is 14.8. The van der Waals surface area contributed by atoms with Gasteiger partial charge in [-0.25, -0.2) is 9.18 Å². The number of fused-ring (bicyclic) bond motifs is 1. The van der Waals surface area contributed by atoms with Crippen molar-refractivity contribution < 1.29 is 18.7 Å². The fourth-order valence-electron chi connectivity index (χ4n) is 3.51. The highest BCUT2D eigenvalue weighted by Gasteiger charge is 2.48. The van der Waals surface area contributed by atoms with Crippen LogP contribution in [0.2, 0.25) is 0 Å². The maximum Gasteiger partial charge on any atom is 0.410 e. The van der Waals surface area contributed by atoms with Crippen molar-refractivity contribution in [1.82, 2.24) is 14.8 Å². The Labute approximate surface area is 154 Å². The van der Waals surface area contributed by atoms with Crippen LogP contribution in [0, 0.1) is 5.82 Å². The molecule has 6 nitrogen and oxygen atoms in total. The van der Waals surface area contributed by atoms with Gasteiger partial charge >= 0.3 is 6.09 Å². The molecule has 2 amide bonds. The summed E-state index contributed by atoms with van der Waals surface area (Å²) < 4.78 is 18.4. The van der Waals surface area contributed by atoms with Gasteiger partial charge in [-0.15, -0.1) is 11.3 Å². The number of hydrogen-bond acceptors (Lipinski definition) is 5. The van der Waals surface area contributed by atoms with E-state index < -0.39 is 0 Å². The normalized spacial score (nSPS) is 21.8. The number of carbonyl (C=O) groups excluding carboxylic acids is 2. The van der Waals surface area contributed by atoms with Gasteiger partial charge in [-0.1, -0.05) is 12.1 Å². The molecule has 4 rings (SSSR count). The molecule has 2 saturated heterocycles. The minimum atomic E-state index is -0.316. The largest absolute Gasteiger partial charge is 0.442 e. The van der Waals surface area contributed by atoms with Crippen LogP contribution in [0.25, 0.3) is 0 Å². The van der Waals surface area contributed by atoms with Crippen LogP contribution >= 0.6 is 11.3 Å². The number of halogens is 1. The van der Waals surface area contributed by atoms with Crippen molar-refractivity contribution in [2.75, 3.05) is 19.6 Å². The molecule has 0 aliphatic carbocycles. The SMILES string of the molecule is O=C(c1cncs1)N1C[C@H]2OC(=O)N(CCCc3ccc(F)cc3)[C@H]2C1. The third-order valence-electron chi connectivity index (χ3n) is 4.83. The first-order chi connectivity index (χ1) is 12.6. The number of aryl methyl sites for hydroxylation is 1. The topological polar surface area (TPSA) is 62.7 Å². The highest BCUT2D eigenvalue weighted by Crippen LogP contribution is 2.28. The van der Waals surface area contributed by atoms with E-state index in [1.807, 2.05) is 0 Å². The van der Waals surface area contributed by atoms with E-state index in [1.165, 1.54) is 23.5 Å². The lowest BCUT2D eigenvalue weighted by Crippen LogP contribution is -2.39. The molecule has 136 valence electrons. The fraction of sp³-hybridized carbons (Fsp3) is 0.389. The van der Waals surface area contributed by atoms with Crippen LogP contribution in [0.4, 0.5) is 9.18 Å². The standard InChI is InChI=1S/C18H18FN3O3S/c19-13-5-3-12(4-6-13)2-1-7-22-14-9-21(10-15(14)25-18(22)24)17(23)16-8-20-11-26-16/h3-6,8,11,14-15H,1-2,7,9-10H2/t14-,15+/m0/s1. The van der Waals surface area contributed by atoms with Gasteiger partial charge in [-0.05, 0) is 30.5 Å². The van der Waals surface area contributed by atoms with E-state index >= 15 is 0 Å². The highest BCUT2D eigenvalue weighted by molar-refractivity contribution is 7.11. The average Bonchev–Trinajstić information content (AvgIpc) is 3.34. The summed E-state index contributed by atoms with van der Waals surface area (Å²) >= 11 is 1.31. The van der Waals surface area contributed by atoms with Gasteiger partial charge in [-0.2, -0.15) is 0 Å². The smallest absolute Gasteiger partial charge is 0.410 e. The Morgan fingerprint density at radius 1 is 1.31 bits per heavy atom. The van der Waals surface area contributed by atoms with E-state index in [0.717, 1.165) is 18.4 Å². The molecule has 2 atom stereocenters. The minimum absolute atomic E-state index is 0.0655. The summed E-state index contributed by atoms with van der Waals surface area (Å²) in [5.74, 6) is -0.319. The zero-order valence-electron chi connectivity index (χ0n) is 14.0. The van der Waals surface area contributed by atoms with Crippen molar-refractivity contribution in [2.45, 2.75) is 25.0 Å². The molecule has 0 saturated carbocycles. The number of aromatic nitrogens is 1. The second kappa shape index (κ2) is 7.03. The lowest BCUT2D eigenvalue weighted by atomic mass is 10.1. The van der Waals surface area contributed by atoms with E-state index in [4.69, 9.17) is 4.74 Å². The molecule has 0 N–H and O–H groups in total. The van der Waals surface area contributed by atoms with Crippen molar-refractivity contribution in [3.63, 3.8) is 0 Å². The molecule has 1 aromatic heterocycles. The number of ether oxygens (including phenoxy) is 1. The molecular weight excluding hydrogens is 357 g/mol. The van der Waals surface area contributed by atoms with Crippen LogP contribution in [-0.2, 0) is 11.2 Å². The van der Waals surface area contributed by atoms with Crippen LogP contribution in [0.1, 0.15) is 21.7 Å². The second-order valence-corrected chi connectivity index (χ2v) is 7.38. The van der Waals surface area contributed by atoms with E-state index in [1.54, 1.807) is 33.6 Å². The lowest BCUT2D eigenvalue weighted by Gasteiger charge is -2.22. The van der Waals surface area contributed by atoms with Gasteiger partial charge in [0.15, 0.2) is 0 Å². The first-order valence-corrected chi connectivity index (χ1v) is 9.39. The summed E-state index contributed by atoms with van der Waals surface area (Å²) in [5.41, 5.74) is 2.66. The van der Waals surface area contributed by atoms with Crippen LogP contribution < -0.4 is 0 Å². The first-order valence-electron chi connectivity index (χ1n) is 8.51. The van der Waals surface area contributed by atoms with Crippen LogP contribution in [0.3, 0.4) is 0 Å². The summed E-state index contributed by atoms with van der Waals surface area (Å²) in [4.78, 5) is 32.6. The van der Waals surface area contributed by atoms with Gasteiger partial charge < -0.3 is 9.64 Å². The Bertz CT molecular complexity index is 797. The van der Waals surface area contributed by atoms with Gasteiger partial charge in [0.25, 0.3) is 5.91 Å². The Balaban J connectivity index is 1.34. The molecule has 2 aliphatic rings. The van der Waals surface area contributed by atoms with E-state index in [0.29, 0.717) is 24.5 Å². The quantitative estimate of drug-likeness (QED) is 0.806. The van der Waals surface area contributed by atoms with E-state index in [-0.39, 0.29) is 30.0 Å². The maximum atomic E-state index is 13.0. The van der Waals surface area contributed by atoms with Crippen LogP contribution in [0.5, 0.6) is 0 Å². The summed E-state index contributed by atoms with van der Waals surface area (Å²) in [6, 6.07) is 6.29. The van der Waals surface area contributed by atoms with Crippen molar-refractivity contribution in [3.05, 3.63) is 52.2 Å². The minimum Gasteiger partial charge on any atom is -0.442 e. The highest BCUT2D eigenvalue weighted by atomic mass is 32.1. The Hall–Kier alpha value is -2.48. The third-order valence-corrected chi connectivity index (χ3v) is 5.59. The Kier molecular flexibility index (Phi) is 4.58. The van der Waals surface area contributed by atoms with Gasteiger partial charge in [0.1, 0.15) is 16.8 Å². The number of carbonyl (C=O) groups is 2.